The predicted octanol–water partition coefficient (Wildman–Crippen LogP) is 1.82. The number of imidazole rings is 1. The summed E-state index contributed by atoms with van der Waals surface area (Å²) in [5.41, 5.74) is 9.60. The molecule has 35 heavy (non-hydrogen) atoms. The molecule has 2 unspecified atom stereocenters. The van der Waals surface area contributed by atoms with Gasteiger partial charge in [0.05, 0.1) is 30.2 Å². The van der Waals surface area contributed by atoms with Crippen molar-refractivity contribution in [2.45, 2.75) is 38.0 Å². The highest BCUT2D eigenvalue weighted by atomic mass is 32.2. The summed E-state index contributed by atoms with van der Waals surface area (Å²) < 4.78 is 40.0. The maximum absolute atomic E-state index is 12.4. The maximum Gasteiger partial charge on any atom is 0.265 e. The second-order valence-corrected chi connectivity index (χ2v) is 10.5. The molecular weight excluding hydrogens is 474 g/mol. The average molecular weight is 502 g/mol. The Morgan fingerprint density at radius 1 is 1.31 bits per heavy atom. The molecule has 12 heteroatoms. The number of amides is 1. The summed E-state index contributed by atoms with van der Waals surface area (Å²) in [5, 5.41) is 0. The lowest BCUT2D eigenvalue weighted by atomic mass is 9.99. The van der Waals surface area contributed by atoms with Gasteiger partial charge in [0.1, 0.15) is 24.1 Å². The highest BCUT2D eigenvalue weighted by Crippen LogP contribution is 2.37. The number of H-pyrrole nitrogens is 1. The van der Waals surface area contributed by atoms with Gasteiger partial charge in [0.15, 0.2) is 0 Å². The third kappa shape index (κ3) is 4.68. The molecule has 4 heterocycles. The van der Waals surface area contributed by atoms with Crippen LogP contribution in [0.25, 0.3) is 22.2 Å². The van der Waals surface area contributed by atoms with E-state index in [9.17, 15) is 13.2 Å². The van der Waals surface area contributed by atoms with Gasteiger partial charge in [-0.15, -0.1) is 0 Å². The summed E-state index contributed by atoms with van der Waals surface area (Å²) in [6.07, 6.45) is 6.73. The number of ether oxygens (including phenoxy) is 2. The van der Waals surface area contributed by atoms with E-state index in [1.165, 1.54) is 6.33 Å². The molecule has 5 rings (SSSR count). The lowest BCUT2D eigenvalue weighted by molar-refractivity contribution is 0.0526. The zero-order valence-electron chi connectivity index (χ0n) is 19.5. The number of hydrogen-bond donors (Lipinski definition) is 2. The molecule has 3 aromatic rings. The number of rotatable bonds is 7. The van der Waals surface area contributed by atoms with Crippen LogP contribution in [0.2, 0.25) is 0 Å². The minimum atomic E-state index is -3.58. The Balaban J connectivity index is 1.48. The fraction of sp³-hybridized carbons (Fsp3) is 0.435. The number of pyridine rings is 1. The first-order valence-corrected chi connectivity index (χ1v) is 13.2. The van der Waals surface area contributed by atoms with Gasteiger partial charge < -0.3 is 20.2 Å². The van der Waals surface area contributed by atoms with Crippen LogP contribution in [0.3, 0.4) is 0 Å². The van der Waals surface area contributed by atoms with Gasteiger partial charge in [-0.25, -0.2) is 9.97 Å². The second-order valence-electron chi connectivity index (χ2n) is 8.89. The number of nitrogens with zero attached hydrogens (tertiary/aromatic N) is 3. The third-order valence-corrected chi connectivity index (χ3v) is 7.04. The van der Waals surface area contributed by atoms with Gasteiger partial charge in [0, 0.05) is 28.9 Å². The van der Waals surface area contributed by atoms with Crippen LogP contribution in [-0.2, 0) is 20.7 Å². The van der Waals surface area contributed by atoms with Gasteiger partial charge in [-0.2, -0.15) is 8.42 Å². The number of aromatic nitrogens is 3. The van der Waals surface area contributed by atoms with Gasteiger partial charge in [-0.1, -0.05) is 0 Å². The van der Waals surface area contributed by atoms with E-state index < -0.39 is 22.3 Å². The number of nitrogens with one attached hydrogen (secondary N) is 1. The lowest BCUT2D eigenvalue weighted by Crippen LogP contribution is -2.38. The molecule has 2 atom stereocenters. The Morgan fingerprint density at radius 3 is 2.91 bits per heavy atom. The number of aromatic amines is 1. The SMILES string of the molecule is CN1C(COc2cc(-c3cnc4c(c3)CCCO4)c3nc[nH]c3c2C(N)=O)CCC1OS(C)(=O)=O. The maximum atomic E-state index is 12.4. The molecule has 0 aliphatic carbocycles. The molecule has 1 amide bonds. The van der Waals surface area contributed by atoms with Crippen LogP contribution in [0.4, 0.5) is 0 Å². The molecule has 186 valence electrons. The Bertz CT molecular complexity index is 1390. The van der Waals surface area contributed by atoms with Crippen LogP contribution in [0.1, 0.15) is 35.2 Å². The van der Waals surface area contributed by atoms with E-state index in [0.29, 0.717) is 42.1 Å². The fourth-order valence-electron chi connectivity index (χ4n) is 4.73. The second kappa shape index (κ2) is 9.10. The summed E-state index contributed by atoms with van der Waals surface area (Å²) in [6.45, 7) is 0.871. The molecule has 0 saturated carbocycles. The van der Waals surface area contributed by atoms with E-state index in [-0.39, 0.29) is 18.2 Å². The number of fused-ring (bicyclic) bond motifs is 2. The van der Waals surface area contributed by atoms with Crippen LogP contribution in [0, 0.1) is 0 Å². The molecule has 2 aromatic heterocycles. The number of hydrogen-bond acceptors (Lipinski definition) is 9. The topological polar surface area (TPSA) is 150 Å². The first-order chi connectivity index (χ1) is 16.7. The minimum Gasteiger partial charge on any atom is -0.491 e. The molecule has 1 fully saturated rings. The van der Waals surface area contributed by atoms with Crippen molar-refractivity contribution in [2.24, 2.45) is 5.73 Å². The van der Waals surface area contributed by atoms with Gasteiger partial charge in [-0.3, -0.25) is 13.9 Å². The van der Waals surface area contributed by atoms with E-state index in [1.807, 2.05) is 11.0 Å². The largest absolute Gasteiger partial charge is 0.491 e. The summed E-state index contributed by atoms with van der Waals surface area (Å²) in [5.74, 6) is 0.313. The number of primary amides is 1. The highest BCUT2D eigenvalue weighted by Gasteiger charge is 2.34. The van der Waals surface area contributed by atoms with Gasteiger partial charge in [0.2, 0.25) is 5.88 Å². The van der Waals surface area contributed by atoms with E-state index in [1.54, 1.807) is 19.3 Å². The lowest BCUT2D eigenvalue weighted by Gasteiger charge is -2.25. The minimum absolute atomic E-state index is 0.106. The van der Waals surface area contributed by atoms with Crippen LogP contribution < -0.4 is 15.2 Å². The molecular formula is C23H27N5O6S. The summed E-state index contributed by atoms with van der Waals surface area (Å²) in [4.78, 5) is 26.1. The zero-order chi connectivity index (χ0) is 24.7. The van der Waals surface area contributed by atoms with Crippen LogP contribution in [0.15, 0.2) is 24.7 Å². The van der Waals surface area contributed by atoms with Gasteiger partial charge in [0.25, 0.3) is 16.0 Å². The number of likely N-dealkylation sites (N-methyl/N-ethyl adjacent to an activating group) is 1. The van der Waals surface area contributed by atoms with Crippen molar-refractivity contribution in [2.75, 3.05) is 26.5 Å². The number of likely N-dealkylation sites (tertiary alicyclic amines) is 1. The smallest absolute Gasteiger partial charge is 0.265 e. The van der Waals surface area contributed by atoms with E-state index >= 15 is 0 Å². The number of aryl methyl sites for hydroxylation is 1. The summed E-state index contributed by atoms with van der Waals surface area (Å²) in [6, 6.07) is 3.68. The Morgan fingerprint density at radius 2 is 2.14 bits per heavy atom. The molecule has 0 bridgehead atoms. The van der Waals surface area contributed by atoms with Crippen molar-refractivity contribution < 1.29 is 26.9 Å². The van der Waals surface area contributed by atoms with E-state index in [0.717, 1.165) is 35.8 Å². The molecule has 3 N–H and O–H groups in total. The van der Waals surface area contributed by atoms with Gasteiger partial charge in [-0.05, 0) is 44.9 Å². The van der Waals surface area contributed by atoms with E-state index in [4.69, 9.17) is 19.4 Å². The van der Waals surface area contributed by atoms with Crippen molar-refractivity contribution in [1.29, 1.82) is 0 Å². The molecule has 0 spiro atoms. The summed E-state index contributed by atoms with van der Waals surface area (Å²) >= 11 is 0. The first kappa shape index (κ1) is 23.5. The average Bonchev–Trinajstić information content (AvgIpc) is 3.42. The highest BCUT2D eigenvalue weighted by molar-refractivity contribution is 7.86. The molecule has 1 aromatic carbocycles. The van der Waals surface area contributed by atoms with Gasteiger partial charge >= 0.3 is 0 Å². The Hall–Kier alpha value is -3.22. The monoisotopic (exact) mass is 501 g/mol. The number of carbonyl (C=O) groups is 1. The predicted molar refractivity (Wildman–Crippen MR) is 128 cm³/mol. The Kier molecular flexibility index (Phi) is 6.11. The molecule has 2 aliphatic heterocycles. The van der Waals surface area contributed by atoms with E-state index in [2.05, 4.69) is 15.0 Å². The summed E-state index contributed by atoms with van der Waals surface area (Å²) in [7, 11) is -1.79. The normalized spacial score (nSPS) is 20.5. The third-order valence-electron chi connectivity index (χ3n) is 6.47. The molecule has 2 aliphatic rings. The van der Waals surface area contributed by atoms with Crippen molar-refractivity contribution in [3.05, 3.63) is 35.8 Å². The fourth-order valence-corrected chi connectivity index (χ4v) is 5.37. The number of carbonyl (C=O) groups excluding carboxylic acids is 1. The van der Waals surface area contributed by atoms with Crippen LogP contribution in [-0.4, -0.2) is 73.0 Å². The quantitative estimate of drug-likeness (QED) is 0.462. The Labute approximate surface area is 202 Å². The van der Waals surface area contributed by atoms with Crippen LogP contribution in [0.5, 0.6) is 11.6 Å². The van der Waals surface area contributed by atoms with Crippen molar-refractivity contribution >= 4 is 27.1 Å². The number of benzene rings is 1. The van der Waals surface area contributed by atoms with Crippen molar-refractivity contribution in [3.63, 3.8) is 0 Å². The molecule has 0 radical (unpaired) electrons. The van der Waals surface area contributed by atoms with Crippen molar-refractivity contribution in [1.82, 2.24) is 19.9 Å². The van der Waals surface area contributed by atoms with Crippen LogP contribution >= 0.6 is 0 Å². The zero-order valence-corrected chi connectivity index (χ0v) is 20.3. The number of nitrogens with two attached hydrogens (primary N) is 1. The standard InChI is InChI=1S/C23H27N5O6S/c1-28-15(5-6-18(28)34-35(2,30)31)11-33-17-9-16(20-21(27-12-26-20)19(17)22(24)29)14-8-13-4-3-7-32-23(13)25-10-14/h8-10,12,15,18H,3-7,11H2,1-2H3,(H2,24,29)(H,26,27). The molecule has 11 nitrogen and oxygen atoms in total. The first-order valence-electron chi connectivity index (χ1n) is 11.4. The van der Waals surface area contributed by atoms with Crippen molar-refractivity contribution in [3.8, 4) is 22.8 Å². The molecule has 1 saturated heterocycles.